The van der Waals surface area contributed by atoms with Crippen molar-refractivity contribution in [3.63, 3.8) is 0 Å². The summed E-state index contributed by atoms with van der Waals surface area (Å²) in [5, 5.41) is 9.68. The van der Waals surface area contributed by atoms with Crippen LogP contribution in [-0.2, 0) is 21.0 Å². The fourth-order valence-corrected chi connectivity index (χ4v) is 7.90. The second-order valence-corrected chi connectivity index (χ2v) is 13.6. The van der Waals surface area contributed by atoms with Crippen molar-refractivity contribution >= 4 is 70.4 Å². The Balaban J connectivity index is 0.000000191. The highest BCUT2D eigenvalue weighted by Gasteiger charge is 2.46. The number of anilines is 4. The van der Waals surface area contributed by atoms with E-state index in [1.807, 2.05) is 0 Å². The van der Waals surface area contributed by atoms with Crippen LogP contribution in [0.4, 0.5) is 23.0 Å². The Bertz CT molecular complexity index is 2090. The predicted octanol–water partition coefficient (Wildman–Crippen LogP) is 4.89. The quantitative estimate of drug-likeness (QED) is 0.170. The molecule has 8 rings (SSSR count). The number of carbonyl (C=O) groups excluding carboxylic acids is 1. The molecule has 6 heterocycles. The third-order valence-corrected chi connectivity index (χ3v) is 10.1. The summed E-state index contributed by atoms with van der Waals surface area (Å²) in [4.78, 5) is 68.2. The fraction of sp³-hybridized carbons (Fsp3) is 0.412. The summed E-state index contributed by atoms with van der Waals surface area (Å²) in [5.74, 6) is 5.58. The number of rotatable bonds is 5. The molecule has 0 aromatic carbocycles. The van der Waals surface area contributed by atoms with Crippen LogP contribution >= 0.6 is 35.6 Å². The predicted molar refractivity (Wildman–Crippen MR) is 207 cm³/mol. The van der Waals surface area contributed by atoms with Crippen molar-refractivity contribution < 1.29 is 14.5 Å². The molecular weight excluding hydrogens is 763 g/mol. The van der Waals surface area contributed by atoms with Gasteiger partial charge in [-0.05, 0) is 75.6 Å². The standard InChI is InChI=1S/C17H19ClN6O2.C16H16ClN5O2.CH5NO.ClH/c1-26-23-15-14-11(18)9-12(21-13-5-8-19-10-20-13)16(25)24(14)17(22-15)6-3-2-4-7-17;17-10-8-11(20-12-4-7-18-9-19-12)15(24)22-13(10)14(23)21-16(22)5-2-1-3-6-16;1-3-2;/h5,8-10H,2-4,6-7H2,1H3,(H,22,23)(H,19,20,21);4,7-9H,1-3,5-6H2,(H,21,23)(H,18,19,20);2H2,1H3;1H. The molecule has 4 aromatic heterocycles. The maximum Gasteiger partial charge on any atom is 0.276 e. The molecule has 4 aliphatic rings. The Labute approximate surface area is 326 Å². The Hall–Kier alpha value is -4.65. The van der Waals surface area contributed by atoms with E-state index in [0.717, 1.165) is 64.2 Å². The minimum atomic E-state index is -0.658. The molecule has 0 saturated heterocycles. The zero-order valence-corrected chi connectivity index (χ0v) is 31.9. The molecule has 54 heavy (non-hydrogen) atoms. The van der Waals surface area contributed by atoms with Crippen molar-refractivity contribution in [2.75, 3.05) is 24.9 Å². The molecule has 2 aliphatic carbocycles. The maximum atomic E-state index is 13.3. The van der Waals surface area contributed by atoms with Gasteiger partial charge in [0.2, 0.25) is 0 Å². The highest BCUT2D eigenvalue weighted by Crippen LogP contribution is 2.42. The Morgan fingerprint density at radius 2 is 1.28 bits per heavy atom. The molecule has 4 aromatic rings. The van der Waals surface area contributed by atoms with Crippen LogP contribution in [0, 0.1) is 0 Å². The number of nitrogens with two attached hydrogens (primary N) is 1. The average molecular weight is 804 g/mol. The summed E-state index contributed by atoms with van der Waals surface area (Å²) < 4.78 is 3.25. The second kappa shape index (κ2) is 17.7. The van der Waals surface area contributed by atoms with E-state index in [1.165, 1.54) is 32.9 Å². The lowest BCUT2D eigenvalue weighted by Crippen LogP contribution is -2.48. The molecule has 2 aliphatic heterocycles. The number of carbonyl (C=O) groups is 1. The highest BCUT2D eigenvalue weighted by molar-refractivity contribution is 6.34. The lowest BCUT2D eigenvalue weighted by Gasteiger charge is -2.35. The minimum absolute atomic E-state index is 0. The number of amidine groups is 1. The van der Waals surface area contributed by atoms with Crippen LogP contribution in [0.15, 0.2) is 63.9 Å². The summed E-state index contributed by atoms with van der Waals surface area (Å²) in [6, 6.07) is 6.44. The van der Waals surface area contributed by atoms with Crippen molar-refractivity contribution in [2.24, 2.45) is 10.9 Å². The van der Waals surface area contributed by atoms with E-state index in [-0.39, 0.29) is 40.1 Å². The molecule has 0 bridgehead atoms. The Kier molecular flexibility index (Phi) is 13.3. The van der Waals surface area contributed by atoms with Crippen LogP contribution in [-0.4, -0.2) is 55.0 Å². The SMILES string of the molecule is CON.CONC1=NC2(CCCCC2)n2c1c(Cl)cc(Nc1ccncn1)c2=O.Cl.O=C1NC2(CCCCC2)n2c1c(Cl)cc(Nc1ccncn1)c2=O. The van der Waals surface area contributed by atoms with E-state index in [9.17, 15) is 14.4 Å². The van der Waals surface area contributed by atoms with Gasteiger partial charge in [-0.15, -0.1) is 12.4 Å². The van der Waals surface area contributed by atoms with Crippen LogP contribution in [0.5, 0.6) is 0 Å². The van der Waals surface area contributed by atoms with Crippen molar-refractivity contribution in [1.82, 2.24) is 39.9 Å². The van der Waals surface area contributed by atoms with E-state index < -0.39 is 11.3 Å². The lowest BCUT2D eigenvalue weighted by atomic mass is 9.89. The molecule has 0 radical (unpaired) electrons. The largest absolute Gasteiger partial charge is 0.336 e. The van der Waals surface area contributed by atoms with Crippen LogP contribution < -0.4 is 38.4 Å². The Morgan fingerprint density at radius 3 is 1.78 bits per heavy atom. The molecule has 6 N–H and O–H groups in total. The van der Waals surface area contributed by atoms with Crippen molar-refractivity contribution in [3.8, 4) is 0 Å². The lowest BCUT2D eigenvalue weighted by molar-refractivity contribution is 0.0877. The molecule has 0 unspecified atom stereocenters. The first kappa shape index (κ1) is 40.5. The van der Waals surface area contributed by atoms with Crippen LogP contribution in [0.3, 0.4) is 0 Å². The smallest absolute Gasteiger partial charge is 0.276 e. The molecule has 2 spiro atoms. The number of fused-ring (bicyclic) bond motifs is 4. The number of amides is 1. The summed E-state index contributed by atoms with van der Waals surface area (Å²) in [7, 11) is 2.91. The summed E-state index contributed by atoms with van der Waals surface area (Å²) in [6.45, 7) is 0. The number of nitrogens with one attached hydrogen (secondary N) is 4. The van der Waals surface area contributed by atoms with Gasteiger partial charge in [0.25, 0.3) is 17.0 Å². The van der Waals surface area contributed by atoms with E-state index >= 15 is 0 Å². The first-order valence-electron chi connectivity index (χ1n) is 17.1. The van der Waals surface area contributed by atoms with Crippen molar-refractivity contribution in [2.45, 2.75) is 75.5 Å². The Morgan fingerprint density at radius 1 is 0.778 bits per heavy atom. The third kappa shape index (κ3) is 8.06. The molecule has 20 heteroatoms. The van der Waals surface area contributed by atoms with E-state index in [2.05, 4.69) is 52.1 Å². The van der Waals surface area contributed by atoms with E-state index in [4.69, 9.17) is 33.0 Å². The van der Waals surface area contributed by atoms with Gasteiger partial charge in [-0.1, -0.05) is 36.0 Å². The fourth-order valence-electron chi connectivity index (χ4n) is 7.33. The molecular formula is C34H41Cl3N12O5. The number of halogens is 3. The third-order valence-electron chi connectivity index (χ3n) is 9.48. The number of nitrogens with zero attached hydrogens (tertiary/aromatic N) is 7. The van der Waals surface area contributed by atoms with Gasteiger partial charge in [-0.3, -0.25) is 28.4 Å². The first-order chi connectivity index (χ1) is 25.7. The van der Waals surface area contributed by atoms with Gasteiger partial charge in [0.05, 0.1) is 24.3 Å². The molecule has 17 nitrogen and oxygen atoms in total. The number of hydrogen-bond acceptors (Lipinski definition) is 14. The molecule has 1 amide bonds. The minimum Gasteiger partial charge on any atom is -0.336 e. The molecule has 2 fully saturated rings. The van der Waals surface area contributed by atoms with Gasteiger partial charge in [0.1, 0.15) is 58.4 Å². The first-order valence-corrected chi connectivity index (χ1v) is 17.9. The van der Waals surface area contributed by atoms with Crippen LogP contribution in [0.25, 0.3) is 0 Å². The summed E-state index contributed by atoms with van der Waals surface area (Å²) in [6.07, 6.45) is 15.2. The number of hydrogen-bond donors (Lipinski definition) is 5. The van der Waals surface area contributed by atoms with Crippen molar-refractivity contribution in [1.29, 1.82) is 0 Å². The number of hydroxylamine groups is 1. The van der Waals surface area contributed by atoms with E-state index in [1.54, 1.807) is 39.7 Å². The topological polar surface area (TPSA) is 218 Å². The molecule has 0 atom stereocenters. The number of pyridine rings is 2. The monoisotopic (exact) mass is 802 g/mol. The van der Waals surface area contributed by atoms with Gasteiger partial charge in [-0.25, -0.2) is 36.3 Å². The summed E-state index contributed by atoms with van der Waals surface area (Å²) >= 11 is 12.9. The van der Waals surface area contributed by atoms with Gasteiger partial charge in [0, 0.05) is 12.4 Å². The van der Waals surface area contributed by atoms with E-state index in [0.29, 0.717) is 39.6 Å². The number of aromatic nitrogens is 6. The van der Waals surface area contributed by atoms with Crippen LogP contribution in [0.2, 0.25) is 10.0 Å². The highest BCUT2D eigenvalue weighted by atomic mass is 35.5. The maximum absolute atomic E-state index is 13.3. The van der Waals surface area contributed by atoms with Gasteiger partial charge in [-0.2, -0.15) is 0 Å². The summed E-state index contributed by atoms with van der Waals surface area (Å²) in [5.41, 5.74) is 2.52. The van der Waals surface area contributed by atoms with Crippen molar-refractivity contribution in [3.05, 3.63) is 91.5 Å². The average Bonchev–Trinajstić information content (AvgIpc) is 3.62. The zero-order chi connectivity index (χ0) is 37.6. The van der Waals surface area contributed by atoms with Gasteiger partial charge in [0.15, 0.2) is 5.84 Å². The molecule has 288 valence electrons. The zero-order valence-electron chi connectivity index (χ0n) is 29.6. The second-order valence-electron chi connectivity index (χ2n) is 12.8. The van der Waals surface area contributed by atoms with Gasteiger partial charge >= 0.3 is 0 Å². The molecule has 2 saturated carbocycles. The normalized spacial score (nSPS) is 17.0. The van der Waals surface area contributed by atoms with Crippen LogP contribution in [0.1, 0.15) is 80.4 Å². The number of aliphatic imine (C=N–C) groups is 1. The van der Waals surface area contributed by atoms with Gasteiger partial charge < -0.3 is 20.8 Å².